The maximum Gasteiger partial charge on any atom is 0.339 e. The molecule has 198 valence electrons. The molecule has 0 radical (unpaired) electrons. The number of halogens is 1. The van der Waals surface area contributed by atoms with Crippen LogP contribution in [0.1, 0.15) is 21.2 Å². The molecule has 2 atom stereocenters. The molecule has 9 nitrogen and oxygen atoms in total. The number of nitro groups is 1. The second kappa shape index (κ2) is 11.8. The molecule has 0 aliphatic carbocycles. The number of methoxy groups -OCH3 is 1. The first kappa shape index (κ1) is 27.4. The largest absolute Gasteiger partial charge is 0.497 e. The predicted molar refractivity (Wildman–Crippen MR) is 146 cm³/mol. The number of likely N-dealkylation sites (N-methyl/N-ethyl adjacent to an activating group) is 1. The van der Waals surface area contributed by atoms with E-state index in [0.29, 0.717) is 18.8 Å². The maximum absolute atomic E-state index is 14.1. The number of hydrogen-bond donors (Lipinski definition) is 0. The number of rotatable bonds is 8. The summed E-state index contributed by atoms with van der Waals surface area (Å²) in [4.78, 5) is 42.5. The van der Waals surface area contributed by atoms with Gasteiger partial charge in [-0.15, -0.1) is 11.8 Å². The zero-order valence-electron chi connectivity index (χ0n) is 21.0. The van der Waals surface area contributed by atoms with Crippen LogP contribution in [0.25, 0.3) is 0 Å². The number of thioether (sulfide) groups is 1. The average Bonchev–Trinajstić information content (AvgIpc) is 3.02. The maximum atomic E-state index is 14.1. The number of hydrogen-bond acceptors (Lipinski definition) is 8. The highest BCUT2D eigenvalue weighted by atomic mass is 35.5. The molecule has 0 aromatic heterocycles. The number of anilines is 1. The number of ether oxygens (including phenoxy) is 2. The quantitative estimate of drug-likeness (QED) is 0.212. The highest BCUT2D eigenvalue weighted by Crippen LogP contribution is 2.47. The van der Waals surface area contributed by atoms with E-state index in [9.17, 15) is 19.7 Å². The number of amides is 1. The average molecular weight is 556 g/mol. The summed E-state index contributed by atoms with van der Waals surface area (Å²) in [5.41, 5.74) is 0.986. The van der Waals surface area contributed by atoms with E-state index in [-0.39, 0.29) is 16.5 Å². The highest BCUT2D eigenvalue weighted by Gasteiger charge is 2.41. The number of carbonyl (C=O) groups is 2. The lowest BCUT2D eigenvalue weighted by Gasteiger charge is -2.28. The lowest BCUT2D eigenvalue weighted by atomic mass is 10.0. The molecule has 0 spiro atoms. The van der Waals surface area contributed by atoms with Gasteiger partial charge in [-0.1, -0.05) is 35.9 Å². The summed E-state index contributed by atoms with van der Waals surface area (Å²) in [6, 6.07) is 18.4. The normalized spacial score (nSPS) is 17.1. The first-order valence-electron chi connectivity index (χ1n) is 11.7. The predicted octanol–water partition coefficient (Wildman–Crippen LogP) is 5.22. The number of carbonyl (C=O) groups excluding carboxylic acids is 2. The van der Waals surface area contributed by atoms with Crippen molar-refractivity contribution in [2.24, 2.45) is 0 Å². The number of benzene rings is 3. The Balaban J connectivity index is 1.77. The minimum atomic E-state index is -1.22. The van der Waals surface area contributed by atoms with Crippen molar-refractivity contribution in [1.29, 1.82) is 0 Å². The van der Waals surface area contributed by atoms with E-state index >= 15 is 0 Å². The minimum Gasteiger partial charge on any atom is -0.497 e. The summed E-state index contributed by atoms with van der Waals surface area (Å²) >= 11 is 7.34. The van der Waals surface area contributed by atoms with E-state index < -0.39 is 27.9 Å². The van der Waals surface area contributed by atoms with Gasteiger partial charge < -0.3 is 19.3 Å². The molecule has 3 aromatic rings. The Morgan fingerprint density at radius 3 is 2.50 bits per heavy atom. The van der Waals surface area contributed by atoms with Gasteiger partial charge in [-0.25, -0.2) is 4.79 Å². The minimum absolute atomic E-state index is 0.0750. The van der Waals surface area contributed by atoms with Gasteiger partial charge in [-0.05, 0) is 56.1 Å². The van der Waals surface area contributed by atoms with Gasteiger partial charge in [0.1, 0.15) is 10.8 Å². The summed E-state index contributed by atoms with van der Waals surface area (Å²) in [7, 11) is 5.38. The number of para-hydroxylation sites is 1. The fourth-order valence-electron chi connectivity index (χ4n) is 4.02. The van der Waals surface area contributed by atoms with E-state index in [1.165, 1.54) is 23.9 Å². The fourth-order valence-corrected chi connectivity index (χ4v) is 5.53. The number of nitro benzene ring substituents is 1. The Labute approximate surface area is 229 Å². The molecule has 0 unspecified atom stereocenters. The van der Waals surface area contributed by atoms with Crippen molar-refractivity contribution < 1.29 is 24.0 Å². The lowest BCUT2D eigenvalue weighted by molar-refractivity contribution is -0.384. The first-order valence-corrected chi connectivity index (χ1v) is 13.0. The molecule has 3 aromatic carbocycles. The molecule has 1 aliphatic heterocycles. The van der Waals surface area contributed by atoms with Gasteiger partial charge in [0.25, 0.3) is 11.6 Å². The Bertz CT molecular complexity index is 1350. The smallest absolute Gasteiger partial charge is 0.339 e. The molecule has 1 heterocycles. The molecule has 0 bridgehead atoms. The van der Waals surface area contributed by atoms with Gasteiger partial charge in [0.15, 0.2) is 6.10 Å². The fraction of sp³-hybridized carbons (Fsp3) is 0.259. The van der Waals surface area contributed by atoms with Gasteiger partial charge in [0.05, 0.1) is 28.5 Å². The van der Waals surface area contributed by atoms with E-state index in [4.69, 9.17) is 21.1 Å². The van der Waals surface area contributed by atoms with E-state index in [2.05, 4.69) is 0 Å². The van der Waals surface area contributed by atoms with Crippen LogP contribution in [0.15, 0.2) is 71.6 Å². The van der Waals surface area contributed by atoms with E-state index in [0.717, 1.165) is 22.2 Å². The highest BCUT2D eigenvalue weighted by molar-refractivity contribution is 7.99. The molecule has 4 rings (SSSR count). The Morgan fingerprint density at radius 1 is 1.13 bits per heavy atom. The molecule has 0 saturated heterocycles. The molecular formula is C27H26ClN3O6S. The van der Waals surface area contributed by atoms with E-state index in [1.807, 2.05) is 55.4 Å². The van der Waals surface area contributed by atoms with Gasteiger partial charge >= 0.3 is 5.97 Å². The van der Waals surface area contributed by atoms with Crippen molar-refractivity contribution in [3.8, 4) is 5.75 Å². The molecular weight excluding hydrogens is 530 g/mol. The summed E-state index contributed by atoms with van der Waals surface area (Å²) in [6.07, 6.45) is -1.22. The molecule has 38 heavy (non-hydrogen) atoms. The molecule has 0 fully saturated rings. The standard InChI is InChI=1S/C27H26ClN3O6S/c1-29(2)14-15-30-21-6-4-5-7-23(21)38-25(17-8-11-19(36-3)12-9-17)24(26(30)32)37-27(33)18-10-13-20(28)22(16-18)31(34)35/h4-13,16,24-25H,14-15H2,1-3H3/t24-,25+/m1/s1. The van der Waals surface area contributed by atoms with Crippen molar-refractivity contribution in [2.75, 3.05) is 39.2 Å². The molecule has 1 aliphatic rings. The second-order valence-corrected chi connectivity index (χ2v) is 10.4. The van der Waals surface area contributed by atoms with Crippen molar-refractivity contribution in [1.82, 2.24) is 4.90 Å². The Morgan fingerprint density at radius 2 is 1.84 bits per heavy atom. The van der Waals surface area contributed by atoms with Crippen molar-refractivity contribution in [2.45, 2.75) is 16.2 Å². The SMILES string of the molecule is COc1ccc([C@@H]2Sc3ccccc3N(CCN(C)C)C(=O)[C@@H]2OC(=O)c2ccc(Cl)c([N+](=O)[O-])c2)cc1. The second-order valence-electron chi connectivity index (χ2n) is 8.82. The summed E-state index contributed by atoms with van der Waals surface area (Å²) < 4.78 is 11.2. The summed E-state index contributed by atoms with van der Waals surface area (Å²) in [6.45, 7) is 0.960. The summed E-state index contributed by atoms with van der Waals surface area (Å²) in [5, 5.41) is 10.7. The third-order valence-electron chi connectivity index (χ3n) is 6.02. The molecule has 0 N–H and O–H groups in total. The molecule has 11 heteroatoms. The first-order chi connectivity index (χ1) is 18.2. The van der Waals surface area contributed by atoms with Gasteiger partial charge in [-0.2, -0.15) is 0 Å². The number of nitrogens with zero attached hydrogens (tertiary/aromatic N) is 3. The van der Waals surface area contributed by atoms with Crippen molar-refractivity contribution >= 4 is 46.6 Å². The molecule has 1 amide bonds. The van der Waals surface area contributed by atoms with Crippen LogP contribution in [0.2, 0.25) is 5.02 Å². The zero-order valence-corrected chi connectivity index (χ0v) is 22.6. The van der Waals surface area contributed by atoms with Gasteiger partial charge in [-0.3, -0.25) is 14.9 Å². The van der Waals surface area contributed by atoms with Crippen LogP contribution >= 0.6 is 23.4 Å². The lowest BCUT2D eigenvalue weighted by Crippen LogP contribution is -2.45. The zero-order chi connectivity index (χ0) is 27.4. The number of fused-ring (bicyclic) bond motifs is 1. The summed E-state index contributed by atoms with van der Waals surface area (Å²) in [5.74, 6) is -0.601. The monoisotopic (exact) mass is 555 g/mol. The van der Waals surface area contributed by atoms with Crippen LogP contribution in [0.3, 0.4) is 0 Å². The van der Waals surface area contributed by atoms with Crippen LogP contribution in [-0.4, -0.2) is 62.1 Å². The third-order valence-corrected chi connectivity index (χ3v) is 7.71. The van der Waals surface area contributed by atoms with Crippen LogP contribution in [0.4, 0.5) is 11.4 Å². The van der Waals surface area contributed by atoms with Gasteiger partial charge in [0, 0.05) is 24.1 Å². The molecule has 0 saturated carbocycles. The van der Waals surface area contributed by atoms with Crippen LogP contribution in [0, 0.1) is 10.1 Å². The van der Waals surface area contributed by atoms with E-state index in [1.54, 1.807) is 24.1 Å². The topological polar surface area (TPSA) is 102 Å². The third kappa shape index (κ3) is 5.93. The van der Waals surface area contributed by atoms with Crippen LogP contribution in [0.5, 0.6) is 5.75 Å². The van der Waals surface area contributed by atoms with Crippen molar-refractivity contribution in [3.05, 3.63) is 93.0 Å². The van der Waals surface area contributed by atoms with Crippen LogP contribution < -0.4 is 9.64 Å². The van der Waals surface area contributed by atoms with Gasteiger partial charge in [0.2, 0.25) is 0 Å². The Kier molecular flexibility index (Phi) is 8.55. The van der Waals surface area contributed by atoms with Crippen LogP contribution in [-0.2, 0) is 9.53 Å². The Hall–Kier alpha value is -3.60. The number of esters is 1. The van der Waals surface area contributed by atoms with Crippen molar-refractivity contribution in [3.63, 3.8) is 0 Å².